The largest absolute Gasteiger partial charge is 0.305 e. The van der Waals surface area contributed by atoms with Gasteiger partial charge in [-0.15, -0.1) is 0 Å². The topological polar surface area (TPSA) is 72.7 Å². The number of nitrogens with one attached hydrogen (secondary N) is 1. The predicted octanol–water partition coefficient (Wildman–Crippen LogP) is 2.97. The third-order valence-electron chi connectivity index (χ3n) is 3.92. The van der Waals surface area contributed by atoms with Crippen LogP contribution < -0.4 is 5.32 Å². The molecule has 1 aliphatic rings. The average molecular weight is 337 g/mol. The molecule has 1 N–H and O–H groups in total. The summed E-state index contributed by atoms with van der Waals surface area (Å²) in [6, 6.07) is 8.00. The van der Waals surface area contributed by atoms with Crippen LogP contribution in [-0.4, -0.2) is 25.7 Å². The highest BCUT2D eigenvalue weighted by molar-refractivity contribution is 7.98. The molecule has 120 valence electrons. The minimum atomic E-state index is -0.280. The normalized spacial score (nSPS) is 12.9. The molecule has 7 heteroatoms. The molecule has 0 saturated heterocycles. The van der Waals surface area contributed by atoms with Gasteiger partial charge in [0.25, 0.3) is 5.91 Å². The number of aromatic nitrogens is 4. The van der Waals surface area contributed by atoms with E-state index in [0.717, 1.165) is 39.8 Å². The summed E-state index contributed by atoms with van der Waals surface area (Å²) in [6.45, 7) is 2.03. The molecule has 0 atom stereocenters. The Morgan fingerprint density at radius 2 is 2.12 bits per heavy atom. The summed E-state index contributed by atoms with van der Waals surface area (Å²) in [4.78, 5) is 20.5. The van der Waals surface area contributed by atoms with Crippen LogP contribution >= 0.6 is 11.8 Å². The number of para-hydroxylation sites is 1. The molecular weight excluding hydrogens is 322 g/mol. The van der Waals surface area contributed by atoms with E-state index >= 15 is 0 Å². The maximum Gasteiger partial charge on any atom is 0.277 e. The van der Waals surface area contributed by atoms with Crippen molar-refractivity contribution in [3.63, 3.8) is 0 Å². The zero-order valence-corrected chi connectivity index (χ0v) is 13.9. The fraction of sp³-hybridized carbons (Fsp3) is 0.176. The molecule has 0 spiro atoms. The van der Waals surface area contributed by atoms with Crippen molar-refractivity contribution in [2.24, 2.45) is 0 Å². The number of fused-ring (bicyclic) bond motifs is 1. The van der Waals surface area contributed by atoms with E-state index in [1.54, 1.807) is 18.0 Å². The molecule has 0 fully saturated rings. The monoisotopic (exact) mass is 337 g/mol. The molecule has 1 amide bonds. The predicted molar refractivity (Wildman–Crippen MR) is 93.3 cm³/mol. The van der Waals surface area contributed by atoms with Crippen molar-refractivity contribution in [2.75, 3.05) is 5.32 Å². The first kappa shape index (κ1) is 14.9. The standard InChI is InChI=1S/C17H15N5OS/c1-11-4-2-3-5-15(11)22-16(12-9-24-10-14(12)21-22)20-17(23)13-8-18-6-7-19-13/h2-8H,9-10H2,1H3,(H,20,23). The van der Waals surface area contributed by atoms with Gasteiger partial charge in [-0.05, 0) is 18.6 Å². The van der Waals surface area contributed by atoms with E-state index < -0.39 is 0 Å². The van der Waals surface area contributed by atoms with E-state index in [1.807, 2.05) is 35.9 Å². The molecule has 3 aromatic rings. The first-order valence-electron chi connectivity index (χ1n) is 7.56. The van der Waals surface area contributed by atoms with Crippen LogP contribution in [0.2, 0.25) is 0 Å². The van der Waals surface area contributed by atoms with Crippen LogP contribution in [0.15, 0.2) is 42.9 Å². The number of carbonyl (C=O) groups excluding carboxylic acids is 1. The molecule has 0 radical (unpaired) electrons. The van der Waals surface area contributed by atoms with Gasteiger partial charge in [0.05, 0.1) is 17.6 Å². The summed E-state index contributed by atoms with van der Waals surface area (Å²) >= 11 is 1.80. The van der Waals surface area contributed by atoms with Crippen molar-refractivity contribution in [2.45, 2.75) is 18.4 Å². The summed E-state index contributed by atoms with van der Waals surface area (Å²) in [5.74, 6) is 2.15. The number of amides is 1. The molecule has 0 saturated carbocycles. The number of anilines is 1. The number of aryl methyl sites for hydroxylation is 1. The van der Waals surface area contributed by atoms with Gasteiger partial charge >= 0.3 is 0 Å². The fourth-order valence-corrected chi connectivity index (χ4v) is 3.74. The van der Waals surface area contributed by atoms with Crippen LogP contribution in [0.1, 0.15) is 27.3 Å². The van der Waals surface area contributed by atoms with Gasteiger partial charge in [-0.1, -0.05) is 18.2 Å². The highest BCUT2D eigenvalue weighted by atomic mass is 32.2. The summed E-state index contributed by atoms with van der Waals surface area (Å²) < 4.78 is 1.83. The second kappa shape index (κ2) is 6.09. The molecule has 0 bridgehead atoms. The Bertz CT molecular complexity index is 907. The van der Waals surface area contributed by atoms with Crippen LogP contribution in [-0.2, 0) is 11.5 Å². The van der Waals surface area contributed by atoms with Gasteiger partial charge in [-0.25, -0.2) is 9.67 Å². The van der Waals surface area contributed by atoms with Gasteiger partial charge in [0, 0.05) is 29.5 Å². The molecule has 24 heavy (non-hydrogen) atoms. The zero-order valence-electron chi connectivity index (χ0n) is 13.1. The first-order valence-corrected chi connectivity index (χ1v) is 8.71. The lowest BCUT2D eigenvalue weighted by molar-refractivity contribution is 0.102. The summed E-state index contributed by atoms with van der Waals surface area (Å²) in [6.07, 6.45) is 4.51. The molecule has 3 heterocycles. The first-order chi connectivity index (χ1) is 11.7. The Hall–Kier alpha value is -2.67. The van der Waals surface area contributed by atoms with Gasteiger partial charge in [-0.2, -0.15) is 16.9 Å². The lowest BCUT2D eigenvalue weighted by atomic mass is 10.2. The molecule has 1 aromatic carbocycles. The second-order valence-corrected chi connectivity index (χ2v) is 6.50. The number of nitrogens with zero attached hydrogens (tertiary/aromatic N) is 4. The summed E-state index contributed by atoms with van der Waals surface area (Å²) in [5.41, 5.74) is 4.46. The third kappa shape index (κ3) is 2.56. The minimum absolute atomic E-state index is 0.280. The number of thioether (sulfide) groups is 1. The van der Waals surface area contributed by atoms with E-state index in [-0.39, 0.29) is 11.6 Å². The van der Waals surface area contributed by atoms with Crippen LogP contribution in [0, 0.1) is 6.92 Å². The number of benzene rings is 1. The van der Waals surface area contributed by atoms with E-state index in [0.29, 0.717) is 0 Å². The van der Waals surface area contributed by atoms with Crippen molar-refractivity contribution in [3.8, 4) is 5.69 Å². The Kier molecular flexibility index (Phi) is 3.78. The summed E-state index contributed by atoms with van der Waals surface area (Å²) in [7, 11) is 0. The minimum Gasteiger partial charge on any atom is -0.305 e. The molecule has 0 unspecified atom stereocenters. The maximum atomic E-state index is 12.5. The van der Waals surface area contributed by atoms with Gasteiger partial charge < -0.3 is 5.32 Å². The van der Waals surface area contributed by atoms with Gasteiger partial charge in [0.1, 0.15) is 11.5 Å². The quantitative estimate of drug-likeness (QED) is 0.795. The lowest BCUT2D eigenvalue weighted by Crippen LogP contribution is -2.17. The molecule has 4 rings (SSSR count). The van der Waals surface area contributed by atoms with Crippen LogP contribution in [0.4, 0.5) is 5.82 Å². The van der Waals surface area contributed by atoms with Crippen molar-refractivity contribution >= 4 is 23.5 Å². The van der Waals surface area contributed by atoms with E-state index in [1.165, 1.54) is 12.4 Å². The highest BCUT2D eigenvalue weighted by Crippen LogP contribution is 2.36. The van der Waals surface area contributed by atoms with Crippen molar-refractivity contribution < 1.29 is 4.79 Å². The number of hydrogen-bond acceptors (Lipinski definition) is 5. The lowest BCUT2D eigenvalue weighted by Gasteiger charge is -2.12. The molecular formula is C17H15N5OS. The summed E-state index contributed by atoms with van der Waals surface area (Å²) in [5, 5.41) is 7.69. The van der Waals surface area contributed by atoms with Gasteiger partial charge in [0.15, 0.2) is 0 Å². The van der Waals surface area contributed by atoms with Crippen molar-refractivity contribution in [3.05, 3.63) is 65.4 Å². The Labute approximate surface area is 143 Å². The Morgan fingerprint density at radius 3 is 2.92 bits per heavy atom. The van der Waals surface area contributed by atoms with E-state index in [4.69, 9.17) is 5.10 Å². The smallest absolute Gasteiger partial charge is 0.277 e. The van der Waals surface area contributed by atoms with Gasteiger partial charge in [-0.3, -0.25) is 9.78 Å². The molecule has 1 aliphatic heterocycles. The SMILES string of the molecule is Cc1ccccc1-n1nc2c(c1NC(=O)c1cnccn1)CSC2. The molecule has 0 aliphatic carbocycles. The van der Waals surface area contributed by atoms with E-state index in [9.17, 15) is 4.79 Å². The van der Waals surface area contributed by atoms with Crippen LogP contribution in [0.3, 0.4) is 0 Å². The number of hydrogen-bond donors (Lipinski definition) is 1. The molecule has 2 aromatic heterocycles. The van der Waals surface area contributed by atoms with Crippen LogP contribution in [0.5, 0.6) is 0 Å². The fourth-order valence-electron chi connectivity index (χ4n) is 2.70. The Balaban J connectivity index is 1.77. The van der Waals surface area contributed by atoms with E-state index in [2.05, 4.69) is 15.3 Å². The highest BCUT2D eigenvalue weighted by Gasteiger charge is 2.25. The maximum absolute atomic E-state index is 12.5. The van der Waals surface area contributed by atoms with Crippen LogP contribution in [0.25, 0.3) is 5.69 Å². The zero-order chi connectivity index (χ0) is 16.5. The van der Waals surface area contributed by atoms with Gasteiger partial charge in [0.2, 0.25) is 0 Å². The second-order valence-electron chi connectivity index (χ2n) is 5.51. The molecule has 6 nitrogen and oxygen atoms in total. The van der Waals surface area contributed by atoms with Crippen molar-refractivity contribution in [1.82, 2.24) is 19.7 Å². The number of carbonyl (C=O) groups is 1. The third-order valence-corrected chi connectivity index (χ3v) is 4.89. The number of rotatable bonds is 3. The Morgan fingerprint density at radius 1 is 1.25 bits per heavy atom. The van der Waals surface area contributed by atoms with Crippen molar-refractivity contribution in [1.29, 1.82) is 0 Å². The average Bonchev–Trinajstić information content (AvgIpc) is 3.19.